The van der Waals surface area contributed by atoms with Crippen LogP contribution < -0.4 is 15.1 Å². The van der Waals surface area contributed by atoms with E-state index in [1.807, 2.05) is 31.2 Å². The molecule has 0 bridgehead atoms. The zero-order valence-corrected chi connectivity index (χ0v) is 15.4. The van der Waals surface area contributed by atoms with Crippen LogP contribution in [0.25, 0.3) is 0 Å². The Hall–Kier alpha value is -2.82. The lowest BCUT2D eigenvalue weighted by Crippen LogP contribution is -2.33. The molecule has 136 valence electrons. The fourth-order valence-electron chi connectivity index (χ4n) is 3.18. The van der Waals surface area contributed by atoms with Gasteiger partial charge in [0.1, 0.15) is 5.75 Å². The number of nitrogens with one attached hydrogen (secondary N) is 1. The highest BCUT2D eigenvalue weighted by molar-refractivity contribution is 5.99. The number of hydrogen-bond donors (Lipinski definition) is 1. The first-order valence-corrected chi connectivity index (χ1v) is 8.98. The minimum atomic E-state index is -0.0686. The number of ether oxygens (including phenoxy) is 1. The summed E-state index contributed by atoms with van der Waals surface area (Å²) in [7, 11) is 1.64. The molecule has 0 unspecified atom stereocenters. The highest BCUT2D eigenvalue weighted by Crippen LogP contribution is 2.26. The van der Waals surface area contributed by atoms with Crippen molar-refractivity contribution in [2.75, 3.05) is 25.1 Å². The maximum atomic E-state index is 12.2. The van der Waals surface area contributed by atoms with Gasteiger partial charge in [-0.1, -0.05) is 18.2 Å². The predicted octanol–water partition coefficient (Wildman–Crippen LogP) is 3.38. The van der Waals surface area contributed by atoms with Gasteiger partial charge in [-0.2, -0.15) is 5.10 Å². The summed E-state index contributed by atoms with van der Waals surface area (Å²) in [5, 5.41) is 4.22. The lowest BCUT2D eigenvalue weighted by Gasteiger charge is -2.31. The molecule has 0 saturated carbocycles. The summed E-state index contributed by atoms with van der Waals surface area (Å²) in [6, 6.07) is 16.0. The number of methoxy groups -OCH3 is 1. The Bertz CT molecular complexity index is 784. The summed E-state index contributed by atoms with van der Waals surface area (Å²) in [5.74, 6) is 0.730. The van der Waals surface area contributed by atoms with E-state index in [4.69, 9.17) is 4.74 Å². The monoisotopic (exact) mass is 351 g/mol. The normalized spacial score (nSPS) is 13.9. The molecule has 0 spiro atoms. The minimum absolute atomic E-state index is 0.0686. The Kier molecular flexibility index (Phi) is 5.89. The number of hydrazone groups is 1. The van der Waals surface area contributed by atoms with Gasteiger partial charge in [-0.3, -0.25) is 4.79 Å². The predicted molar refractivity (Wildman–Crippen MR) is 105 cm³/mol. The molecule has 1 N–H and O–H groups in total. The third-order valence-corrected chi connectivity index (χ3v) is 4.67. The van der Waals surface area contributed by atoms with Crippen LogP contribution in [-0.4, -0.2) is 31.8 Å². The summed E-state index contributed by atoms with van der Waals surface area (Å²) in [6.45, 7) is 3.58. The van der Waals surface area contributed by atoms with E-state index in [0.717, 1.165) is 36.4 Å². The van der Waals surface area contributed by atoms with Crippen LogP contribution in [0.1, 0.15) is 30.9 Å². The number of carbonyl (C=O) groups is 1. The number of para-hydroxylation sites is 1. The molecule has 1 amide bonds. The molecule has 2 aromatic carbocycles. The van der Waals surface area contributed by atoms with Crippen molar-refractivity contribution in [2.45, 2.75) is 26.2 Å². The van der Waals surface area contributed by atoms with Crippen molar-refractivity contribution in [3.63, 3.8) is 0 Å². The third kappa shape index (κ3) is 4.42. The van der Waals surface area contributed by atoms with Gasteiger partial charge in [0, 0.05) is 25.2 Å². The van der Waals surface area contributed by atoms with Gasteiger partial charge in [-0.15, -0.1) is 0 Å². The first kappa shape index (κ1) is 18.0. The van der Waals surface area contributed by atoms with Crippen molar-refractivity contribution in [3.05, 3.63) is 59.7 Å². The summed E-state index contributed by atoms with van der Waals surface area (Å²) in [4.78, 5) is 14.5. The number of aryl methyl sites for hydroxylation is 1. The first-order valence-electron chi connectivity index (χ1n) is 8.98. The summed E-state index contributed by atoms with van der Waals surface area (Å²) in [5.41, 5.74) is 7.01. The fourth-order valence-corrected chi connectivity index (χ4v) is 3.18. The van der Waals surface area contributed by atoms with Gasteiger partial charge in [0.15, 0.2) is 0 Å². The minimum Gasteiger partial charge on any atom is -0.497 e. The molecular weight excluding hydrogens is 326 g/mol. The Morgan fingerprint density at radius 3 is 2.73 bits per heavy atom. The topological polar surface area (TPSA) is 53.9 Å². The molecule has 26 heavy (non-hydrogen) atoms. The second kappa shape index (κ2) is 8.52. The first-order chi connectivity index (χ1) is 12.7. The van der Waals surface area contributed by atoms with Crippen LogP contribution in [-0.2, 0) is 11.2 Å². The van der Waals surface area contributed by atoms with E-state index >= 15 is 0 Å². The number of carbonyl (C=O) groups excluding carboxylic acids is 1. The van der Waals surface area contributed by atoms with Crippen molar-refractivity contribution >= 4 is 17.3 Å². The molecule has 0 saturated heterocycles. The van der Waals surface area contributed by atoms with Gasteiger partial charge < -0.3 is 9.64 Å². The molecule has 0 aromatic heterocycles. The molecule has 1 aliphatic heterocycles. The van der Waals surface area contributed by atoms with Crippen LogP contribution in [0.2, 0.25) is 0 Å². The zero-order valence-electron chi connectivity index (χ0n) is 15.4. The quantitative estimate of drug-likeness (QED) is 0.641. The van der Waals surface area contributed by atoms with E-state index in [9.17, 15) is 4.79 Å². The highest BCUT2D eigenvalue weighted by atomic mass is 16.5. The maximum absolute atomic E-state index is 12.2. The van der Waals surface area contributed by atoms with Gasteiger partial charge in [0.05, 0.1) is 12.8 Å². The van der Waals surface area contributed by atoms with Crippen LogP contribution in [0.4, 0.5) is 5.69 Å². The number of nitrogens with zero attached hydrogens (tertiary/aromatic N) is 2. The standard InChI is InChI=1S/C21H25N3O2/c1-16(17-9-11-19(26-2)12-10-17)22-23-21(25)13-15-24-14-5-7-18-6-3-4-8-20(18)24/h3-4,6,8-12H,5,7,13-15H2,1-2H3,(H,23,25). The average Bonchev–Trinajstić information content (AvgIpc) is 2.70. The molecule has 5 heteroatoms. The number of fused-ring (bicyclic) bond motifs is 1. The Balaban J connectivity index is 1.53. The smallest absolute Gasteiger partial charge is 0.241 e. The number of anilines is 1. The molecule has 0 fully saturated rings. The number of benzene rings is 2. The molecule has 1 aliphatic rings. The SMILES string of the molecule is COc1ccc(C(C)=NNC(=O)CCN2CCCc3ccccc32)cc1. The Morgan fingerprint density at radius 2 is 1.96 bits per heavy atom. The fraction of sp³-hybridized carbons (Fsp3) is 0.333. The number of rotatable bonds is 6. The largest absolute Gasteiger partial charge is 0.497 e. The van der Waals surface area contributed by atoms with Gasteiger partial charge in [-0.25, -0.2) is 5.43 Å². The van der Waals surface area contributed by atoms with E-state index in [0.29, 0.717) is 13.0 Å². The van der Waals surface area contributed by atoms with Gasteiger partial charge in [0.25, 0.3) is 0 Å². The van der Waals surface area contributed by atoms with Gasteiger partial charge in [-0.05, 0) is 61.2 Å². The molecule has 0 radical (unpaired) electrons. The van der Waals surface area contributed by atoms with E-state index in [-0.39, 0.29) is 5.91 Å². The van der Waals surface area contributed by atoms with Crippen molar-refractivity contribution in [2.24, 2.45) is 5.10 Å². The molecule has 5 nitrogen and oxygen atoms in total. The molecule has 0 atom stereocenters. The second-order valence-corrected chi connectivity index (χ2v) is 6.43. The third-order valence-electron chi connectivity index (χ3n) is 4.67. The van der Waals surface area contributed by atoms with Crippen molar-refractivity contribution in [3.8, 4) is 5.75 Å². The van der Waals surface area contributed by atoms with E-state index < -0.39 is 0 Å². The molecule has 1 heterocycles. The average molecular weight is 351 g/mol. The molecule has 3 rings (SSSR count). The van der Waals surface area contributed by atoms with Crippen LogP contribution in [0.3, 0.4) is 0 Å². The highest BCUT2D eigenvalue weighted by Gasteiger charge is 2.16. The maximum Gasteiger partial charge on any atom is 0.241 e. The Labute approximate surface area is 154 Å². The van der Waals surface area contributed by atoms with Crippen LogP contribution in [0.5, 0.6) is 5.75 Å². The van der Waals surface area contributed by atoms with Crippen LogP contribution >= 0.6 is 0 Å². The van der Waals surface area contributed by atoms with Crippen LogP contribution in [0, 0.1) is 0 Å². The number of hydrogen-bond acceptors (Lipinski definition) is 4. The van der Waals surface area contributed by atoms with Crippen molar-refractivity contribution in [1.29, 1.82) is 0 Å². The van der Waals surface area contributed by atoms with E-state index in [1.165, 1.54) is 11.3 Å². The molecule has 2 aromatic rings. The lowest BCUT2D eigenvalue weighted by molar-refractivity contribution is -0.120. The van der Waals surface area contributed by atoms with Crippen molar-refractivity contribution in [1.82, 2.24) is 5.43 Å². The van der Waals surface area contributed by atoms with E-state index in [2.05, 4.69) is 39.7 Å². The van der Waals surface area contributed by atoms with Crippen LogP contribution in [0.15, 0.2) is 53.6 Å². The zero-order chi connectivity index (χ0) is 18.4. The van der Waals surface area contributed by atoms with Gasteiger partial charge >= 0.3 is 0 Å². The summed E-state index contributed by atoms with van der Waals surface area (Å²) in [6.07, 6.45) is 2.67. The van der Waals surface area contributed by atoms with Crippen molar-refractivity contribution < 1.29 is 9.53 Å². The van der Waals surface area contributed by atoms with Gasteiger partial charge in [0.2, 0.25) is 5.91 Å². The molecule has 0 aliphatic carbocycles. The second-order valence-electron chi connectivity index (χ2n) is 6.43. The Morgan fingerprint density at radius 1 is 1.19 bits per heavy atom. The lowest BCUT2D eigenvalue weighted by atomic mass is 10.0. The number of amides is 1. The summed E-state index contributed by atoms with van der Waals surface area (Å²) >= 11 is 0. The summed E-state index contributed by atoms with van der Waals surface area (Å²) < 4.78 is 5.15. The molecular formula is C21H25N3O2. The van der Waals surface area contributed by atoms with E-state index in [1.54, 1.807) is 7.11 Å².